The molecule has 0 aliphatic heterocycles. The van der Waals surface area contributed by atoms with Crippen LogP contribution in [0.3, 0.4) is 0 Å². The zero-order valence-electron chi connectivity index (χ0n) is 14.3. The minimum atomic E-state index is -1.01. The molecular formula is C21H20N2O3. The van der Waals surface area contributed by atoms with Crippen LogP contribution in [-0.4, -0.2) is 22.6 Å². The van der Waals surface area contributed by atoms with Crippen molar-refractivity contribution in [3.05, 3.63) is 89.6 Å². The SMILES string of the molecule is O=C(O)c1ccc(Oc2ccc(CNCCc3ccccc3)cc2)nc1. The third-order valence-electron chi connectivity index (χ3n) is 3.89. The van der Waals surface area contributed by atoms with Crippen molar-refractivity contribution in [3.8, 4) is 11.6 Å². The molecule has 3 rings (SSSR count). The maximum atomic E-state index is 10.8. The molecule has 132 valence electrons. The molecule has 0 saturated carbocycles. The molecule has 0 radical (unpaired) electrons. The fourth-order valence-corrected chi connectivity index (χ4v) is 2.47. The molecule has 3 aromatic rings. The lowest BCUT2D eigenvalue weighted by Crippen LogP contribution is -2.16. The molecule has 0 amide bonds. The summed E-state index contributed by atoms with van der Waals surface area (Å²) in [6, 6.07) is 21.1. The number of aromatic nitrogens is 1. The van der Waals surface area contributed by atoms with Gasteiger partial charge in [0.05, 0.1) is 5.56 Å². The lowest BCUT2D eigenvalue weighted by atomic mass is 10.1. The van der Waals surface area contributed by atoms with Crippen LogP contribution >= 0.6 is 0 Å². The van der Waals surface area contributed by atoms with Crippen LogP contribution in [0.2, 0.25) is 0 Å². The van der Waals surface area contributed by atoms with Crippen molar-refractivity contribution in [2.75, 3.05) is 6.54 Å². The van der Waals surface area contributed by atoms with Gasteiger partial charge < -0.3 is 15.2 Å². The summed E-state index contributed by atoms with van der Waals surface area (Å²) < 4.78 is 5.63. The van der Waals surface area contributed by atoms with Gasteiger partial charge >= 0.3 is 5.97 Å². The molecule has 0 aliphatic carbocycles. The van der Waals surface area contributed by atoms with Crippen LogP contribution in [-0.2, 0) is 13.0 Å². The summed E-state index contributed by atoms with van der Waals surface area (Å²) in [5.41, 5.74) is 2.62. The highest BCUT2D eigenvalue weighted by Crippen LogP contribution is 2.20. The quantitative estimate of drug-likeness (QED) is 0.604. The normalized spacial score (nSPS) is 10.5. The van der Waals surface area contributed by atoms with E-state index in [0.29, 0.717) is 11.6 Å². The fraction of sp³-hybridized carbons (Fsp3) is 0.143. The Morgan fingerprint density at radius 2 is 1.73 bits per heavy atom. The number of nitrogens with zero attached hydrogens (tertiary/aromatic N) is 1. The molecule has 0 spiro atoms. The van der Waals surface area contributed by atoms with E-state index in [1.807, 2.05) is 30.3 Å². The molecule has 0 atom stereocenters. The number of aromatic carboxylic acids is 1. The number of nitrogens with one attached hydrogen (secondary N) is 1. The first-order valence-corrected chi connectivity index (χ1v) is 8.41. The van der Waals surface area contributed by atoms with Gasteiger partial charge in [-0.25, -0.2) is 9.78 Å². The Hall–Kier alpha value is -3.18. The Morgan fingerprint density at radius 3 is 2.38 bits per heavy atom. The monoisotopic (exact) mass is 348 g/mol. The molecule has 0 bridgehead atoms. The van der Waals surface area contributed by atoms with E-state index in [2.05, 4.69) is 34.6 Å². The van der Waals surface area contributed by atoms with E-state index in [1.165, 1.54) is 23.4 Å². The molecule has 0 saturated heterocycles. The Labute approximate surface area is 152 Å². The van der Waals surface area contributed by atoms with Crippen LogP contribution in [0.4, 0.5) is 0 Å². The van der Waals surface area contributed by atoms with Crippen molar-refractivity contribution < 1.29 is 14.6 Å². The molecule has 1 heterocycles. The highest BCUT2D eigenvalue weighted by Gasteiger charge is 2.04. The molecule has 26 heavy (non-hydrogen) atoms. The molecule has 0 aliphatic rings. The minimum Gasteiger partial charge on any atom is -0.478 e. The Kier molecular flexibility index (Phi) is 5.96. The Morgan fingerprint density at radius 1 is 0.962 bits per heavy atom. The van der Waals surface area contributed by atoms with Gasteiger partial charge in [0, 0.05) is 18.8 Å². The number of carbonyl (C=O) groups is 1. The van der Waals surface area contributed by atoms with Gasteiger partial charge in [0.15, 0.2) is 0 Å². The maximum absolute atomic E-state index is 10.8. The molecule has 0 unspecified atom stereocenters. The summed E-state index contributed by atoms with van der Waals surface area (Å²) in [6.45, 7) is 1.71. The smallest absolute Gasteiger partial charge is 0.337 e. The lowest BCUT2D eigenvalue weighted by Gasteiger charge is -2.08. The van der Waals surface area contributed by atoms with Gasteiger partial charge in [-0.2, -0.15) is 0 Å². The molecule has 2 aromatic carbocycles. The van der Waals surface area contributed by atoms with Crippen molar-refractivity contribution in [1.29, 1.82) is 0 Å². The summed E-state index contributed by atoms with van der Waals surface area (Å²) in [7, 11) is 0. The number of benzene rings is 2. The van der Waals surface area contributed by atoms with Crippen molar-refractivity contribution in [3.63, 3.8) is 0 Å². The van der Waals surface area contributed by atoms with E-state index in [9.17, 15) is 4.79 Å². The van der Waals surface area contributed by atoms with E-state index in [4.69, 9.17) is 9.84 Å². The Balaban J connectivity index is 1.46. The molecule has 5 nitrogen and oxygen atoms in total. The first kappa shape index (κ1) is 17.6. The second-order valence-corrected chi connectivity index (χ2v) is 5.85. The summed E-state index contributed by atoms with van der Waals surface area (Å²) in [6.07, 6.45) is 2.28. The average molecular weight is 348 g/mol. The fourth-order valence-electron chi connectivity index (χ4n) is 2.47. The van der Waals surface area contributed by atoms with Gasteiger partial charge in [-0.1, -0.05) is 42.5 Å². The van der Waals surface area contributed by atoms with Gasteiger partial charge in [-0.15, -0.1) is 0 Å². The van der Waals surface area contributed by atoms with Crippen LogP contribution in [0.15, 0.2) is 72.9 Å². The topological polar surface area (TPSA) is 71.5 Å². The van der Waals surface area contributed by atoms with Gasteiger partial charge in [-0.3, -0.25) is 0 Å². The second-order valence-electron chi connectivity index (χ2n) is 5.85. The number of carboxylic acids is 1. The largest absolute Gasteiger partial charge is 0.478 e. The third kappa shape index (κ3) is 5.16. The van der Waals surface area contributed by atoms with Crippen LogP contribution < -0.4 is 10.1 Å². The van der Waals surface area contributed by atoms with Crippen LogP contribution in [0.1, 0.15) is 21.5 Å². The van der Waals surface area contributed by atoms with Crippen molar-refractivity contribution in [2.45, 2.75) is 13.0 Å². The van der Waals surface area contributed by atoms with E-state index < -0.39 is 5.97 Å². The summed E-state index contributed by atoms with van der Waals surface area (Å²) >= 11 is 0. The third-order valence-corrected chi connectivity index (χ3v) is 3.89. The zero-order valence-corrected chi connectivity index (χ0v) is 14.3. The molecule has 1 aromatic heterocycles. The van der Waals surface area contributed by atoms with Gasteiger partial charge in [0.25, 0.3) is 0 Å². The van der Waals surface area contributed by atoms with Gasteiger partial charge in [-0.05, 0) is 42.3 Å². The molecule has 2 N–H and O–H groups in total. The second kappa shape index (κ2) is 8.78. The van der Waals surface area contributed by atoms with Crippen molar-refractivity contribution in [1.82, 2.24) is 10.3 Å². The average Bonchev–Trinajstić information content (AvgIpc) is 2.68. The number of ether oxygens (including phenoxy) is 1. The number of pyridine rings is 1. The first-order valence-electron chi connectivity index (χ1n) is 8.41. The molecular weight excluding hydrogens is 328 g/mol. The van der Waals surface area contributed by atoms with E-state index >= 15 is 0 Å². The zero-order chi connectivity index (χ0) is 18.2. The van der Waals surface area contributed by atoms with Crippen LogP contribution in [0.5, 0.6) is 11.6 Å². The van der Waals surface area contributed by atoms with Crippen LogP contribution in [0, 0.1) is 0 Å². The first-order chi connectivity index (χ1) is 12.7. The minimum absolute atomic E-state index is 0.134. The van der Waals surface area contributed by atoms with Gasteiger partial charge in [0.2, 0.25) is 5.88 Å². The highest BCUT2D eigenvalue weighted by atomic mass is 16.5. The van der Waals surface area contributed by atoms with Crippen LogP contribution in [0.25, 0.3) is 0 Å². The summed E-state index contributed by atoms with van der Waals surface area (Å²) in [4.78, 5) is 14.8. The summed E-state index contributed by atoms with van der Waals surface area (Å²) in [5, 5.41) is 12.3. The number of hydrogen-bond donors (Lipinski definition) is 2. The number of carboxylic acid groups (broad SMARTS) is 1. The van der Waals surface area contributed by atoms with Crippen molar-refractivity contribution in [2.24, 2.45) is 0 Å². The number of hydrogen-bond acceptors (Lipinski definition) is 4. The highest BCUT2D eigenvalue weighted by molar-refractivity contribution is 5.87. The lowest BCUT2D eigenvalue weighted by molar-refractivity contribution is 0.0696. The van der Waals surface area contributed by atoms with E-state index in [-0.39, 0.29) is 5.56 Å². The predicted molar refractivity (Wildman–Crippen MR) is 99.6 cm³/mol. The Bertz CT molecular complexity index is 831. The maximum Gasteiger partial charge on any atom is 0.337 e. The van der Waals surface area contributed by atoms with E-state index in [0.717, 1.165) is 19.5 Å². The molecule has 5 heteroatoms. The van der Waals surface area contributed by atoms with Crippen molar-refractivity contribution >= 4 is 5.97 Å². The standard InChI is InChI=1S/C21H20N2O3/c24-21(25)18-8-11-20(23-15-18)26-19-9-6-17(7-10-19)14-22-13-12-16-4-2-1-3-5-16/h1-11,15,22H,12-14H2,(H,24,25). The van der Waals surface area contributed by atoms with Gasteiger partial charge in [0.1, 0.15) is 5.75 Å². The van der Waals surface area contributed by atoms with E-state index in [1.54, 1.807) is 6.07 Å². The molecule has 0 fully saturated rings. The summed E-state index contributed by atoms with van der Waals surface area (Å²) in [5.74, 6) is 0.0190. The number of rotatable bonds is 8. The predicted octanol–water partition coefficient (Wildman–Crippen LogP) is 3.90.